The summed E-state index contributed by atoms with van der Waals surface area (Å²) in [5.41, 5.74) is 6.25. The fourth-order valence-electron chi connectivity index (χ4n) is 1.24. The Morgan fingerprint density at radius 2 is 2.08 bits per heavy atom. The minimum absolute atomic E-state index is 0.0994. The van der Waals surface area contributed by atoms with Gasteiger partial charge >= 0.3 is 0 Å². The van der Waals surface area contributed by atoms with Gasteiger partial charge in [-0.3, -0.25) is 0 Å². The summed E-state index contributed by atoms with van der Waals surface area (Å²) in [6.45, 7) is 0.0994. The Balaban J connectivity index is 2.65. The molecule has 0 aromatic heterocycles. The zero-order chi connectivity index (χ0) is 9.68. The normalized spacial score (nSPS) is 12.8. The number of nitrogens with two attached hydrogens (primary N) is 1. The van der Waals surface area contributed by atoms with Crippen molar-refractivity contribution in [2.75, 3.05) is 6.61 Å². The molecule has 0 heterocycles. The third-order valence-electron chi connectivity index (χ3n) is 1.98. The Bertz CT molecular complexity index is 265. The number of halogens is 1. The molecular weight excluding hydrogens is 169 g/mol. The standard InChI is InChI=1S/C10H14FNO/c11-9-5-2-1-4-8(9)10(12)6-3-7-13/h1-2,4-5,10,13H,3,6-7,12H2. The van der Waals surface area contributed by atoms with Crippen LogP contribution in [0.25, 0.3) is 0 Å². The highest BCUT2D eigenvalue weighted by molar-refractivity contribution is 5.20. The zero-order valence-corrected chi connectivity index (χ0v) is 7.41. The van der Waals surface area contributed by atoms with Crippen LogP contribution >= 0.6 is 0 Å². The second-order valence-corrected chi connectivity index (χ2v) is 2.99. The molecule has 0 radical (unpaired) electrons. The van der Waals surface area contributed by atoms with E-state index in [0.29, 0.717) is 18.4 Å². The fraction of sp³-hybridized carbons (Fsp3) is 0.400. The summed E-state index contributed by atoms with van der Waals surface area (Å²) in [6, 6.07) is 6.16. The number of benzene rings is 1. The summed E-state index contributed by atoms with van der Waals surface area (Å²) in [5, 5.41) is 8.58. The number of hydrogen-bond acceptors (Lipinski definition) is 2. The molecule has 0 saturated heterocycles. The van der Waals surface area contributed by atoms with Crippen LogP contribution in [0, 0.1) is 5.82 Å². The van der Waals surface area contributed by atoms with Crippen LogP contribution in [0.15, 0.2) is 24.3 Å². The Morgan fingerprint density at radius 1 is 1.38 bits per heavy atom. The third kappa shape index (κ3) is 2.79. The summed E-state index contributed by atoms with van der Waals surface area (Å²) in [5.74, 6) is -0.270. The SMILES string of the molecule is NC(CCCO)c1ccccc1F. The van der Waals surface area contributed by atoms with Gasteiger partial charge in [-0.15, -0.1) is 0 Å². The summed E-state index contributed by atoms with van der Waals surface area (Å²) in [7, 11) is 0. The molecule has 1 aromatic rings. The quantitative estimate of drug-likeness (QED) is 0.744. The Hall–Kier alpha value is -0.930. The number of hydrogen-bond donors (Lipinski definition) is 2. The second-order valence-electron chi connectivity index (χ2n) is 2.99. The fourth-order valence-corrected chi connectivity index (χ4v) is 1.24. The van der Waals surface area contributed by atoms with Gasteiger partial charge in [0, 0.05) is 18.2 Å². The topological polar surface area (TPSA) is 46.2 Å². The van der Waals surface area contributed by atoms with Gasteiger partial charge in [-0.2, -0.15) is 0 Å². The van der Waals surface area contributed by atoms with E-state index in [9.17, 15) is 4.39 Å². The van der Waals surface area contributed by atoms with Crippen molar-refractivity contribution in [3.63, 3.8) is 0 Å². The lowest BCUT2D eigenvalue weighted by atomic mass is 10.0. The number of rotatable bonds is 4. The predicted octanol–water partition coefficient (Wildman–Crippen LogP) is 1.60. The molecular formula is C10H14FNO. The van der Waals surface area contributed by atoms with E-state index in [1.165, 1.54) is 6.07 Å². The van der Waals surface area contributed by atoms with Crippen LogP contribution in [0.4, 0.5) is 4.39 Å². The molecule has 3 N–H and O–H groups in total. The molecule has 0 aliphatic carbocycles. The molecule has 0 aliphatic rings. The Morgan fingerprint density at radius 3 is 2.69 bits per heavy atom. The van der Waals surface area contributed by atoms with Crippen LogP contribution in [0.1, 0.15) is 24.4 Å². The molecule has 1 unspecified atom stereocenters. The molecule has 3 heteroatoms. The second kappa shape index (κ2) is 4.94. The van der Waals surface area contributed by atoms with Gasteiger partial charge in [0.15, 0.2) is 0 Å². The third-order valence-corrected chi connectivity index (χ3v) is 1.98. The zero-order valence-electron chi connectivity index (χ0n) is 7.41. The molecule has 0 fully saturated rings. The van der Waals surface area contributed by atoms with Gasteiger partial charge in [-0.25, -0.2) is 4.39 Å². The molecule has 0 spiro atoms. The largest absolute Gasteiger partial charge is 0.396 e. The van der Waals surface area contributed by atoms with Crippen molar-refractivity contribution in [2.24, 2.45) is 5.73 Å². The molecule has 0 saturated carbocycles. The average Bonchev–Trinajstić information content (AvgIpc) is 2.15. The first-order chi connectivity index (χ1) is 6.25. The molecule has 72 valence electrons. The van der Waals surface area contributed by atoms with Crippen molar-refractivity contribution in [2.45, 2.75) is 18.9 Å². The smallest absolute Gasteiger partial charge is 0.127 e. The molecule has 13 heavy (non-hydrogen) atoms. The maximum atomic E-state index is 13.1. The highest BCUT2D eigenvalue weighted by Crippen LogP contribution is 2.18. The Kier molecular flexibility index (Phi) is 3.86. The van der Waals surface area contributed by atoms with Gasteiger partial charge in [-0.05, 0) is 18.9 Å². The minimum atomic E-state index is -0.312. The molecule has 1 atom stereocenters. The van der Waals surface area contributed by atoms with Crippen LogP contribution in [0.3, 0.4) is 0 Å². The van der Waals surface area contributed by atoms with E-state index in [-0.39, 0.29) is 18.5 Å². The lowest BCUT2D eigenvalue weighted by molar-refractivity contribution is 0.279. The molecule has 0 bridgehead atoms. The van der Waals surface area contributed by atoms with Gasteiger partial charge < -0.3 is 10.8 Å². The monoisotopic (exact) mass is 183 g/mol. The molecule has 1 rings (SSSR count). The van der Waals surface area contributed by atoms with Gasteiger partial charge in [0.25, 0.3) is 0 Å². The first kappa shape index (κ1) is 10.2. The van der Waals surface area contributed by atoms with Crippen LogP contribution in [0.2, 0.25) is 0 Å². The van der Waals surface area contributed by atoms with Crippen molar-refractivity contribution < 1.29 is 9.50 Å². The number of aliphatic hydroxyl groups is 1. The van der Waals surface area contributed by atoms with E-state index in [0.717, 1.165) is 0 Å². The molecule has 1 aromatic carbocycles. The van der Waals surface area contributed by atoms with Crippen LogP contribution in [-0.4, -0.2) is 11.7 Å². The first-order valence-electron chi connectivity index (χ1n) is 4.36. The first-order valence-corrected chi connectivity index (χ1v) is 4.36. The molecule has 0 amide bonds. The van der Waals surface area contributed by atoms with E-state index in [1.807, 2.05) is 0 Å². The summed E-state index contributed by atoms with van der Waals surface area (Å²) in [4.78, 5) is 0. The summed E-state index contributed by atoms with van der Waals surface area (Å²) >= 11 is 0. The van der Waals surface area contributed by atoms with E-state index in [2.05, 4.69) is 0 Å². The van der Waals surface area contributed by atoms with Crippen LogP contribution in [0.5, 0.6) is 0 Å². The molecule has 0 aliphatic heterocycles. The van der Waals surface area contributed by atoms with Crippen molar-refractivity contribution in [1.29, 1.82) is 0 Å². The van der Waals surface area contributed by atoms with E-state index in [1.54, 1.807) is 18.2 Å². The minimum Gasteiger partial charge on any atom is -0.396 e. The van der Waals surface area contributed by atoms with Gasteiger partial charge in [0.2, 0.25) is 0 Å². The maximum Gasteiger partial charge on any atom is 0.127 e. The van der Waals surface area contributed by atoms with E-state index < -0.39 is 0 Å². The van der Waals surface area contributed by atoms with Crippen LogP contribution < -0.4 is 5.73 Å². The highest BCUT2D eigenvalue weighted by atomic mass is 19.1. The van der Waals surface area contributed by atoms with E-state index >= 15 is 0 Å². The van der Waals surface area contributed by atoms with Gasteiger partial charge in [0.05, 0.1) is 0 Å². The lowest BCUT2D eigenvalue weighted by Crippen LogP contribution is -2.12. The predicted molar refractivity (Wildman–Crippen MR) is 49.6 cm³/mol. The van der Waals surface area contributed by atoms with Crippen LogP contribution in [-0.2, 0) is 0 Å². The maximum absolute atomic E-state index is 13.1. The Labute approximate surface area is 77.2 Å². The molecule has 2 nitrogen and oxygen atoms in total. The summed E-state index contributed by atoms with van der Waals surface area (Å²) < 4.78 is 13.1. The average molecular weight is 183 g/mol. The van der Waals surface area contributed by atoms with E-state index in [4.69, 9.17) is 10.8 Å². The van der Waals surface area contributed by atoms with Crippen molar-refractivity contribution in [3.8, 4) is 0 Å². The summed E-state index contributed by atoms with van der Waals surface area (Å²) in [6.07, 6.45) is 1.22. The lowest BCUT2D eigenvalue weighted by Gasteiger charge is -2.11. The van der Waals surface area contributed by atoms with Crippen molar-refractivity contribution in [3.05, 3.63) is 35.6 Å². The number of aliphatic hydroxyl groups excluding tert-OH is 1. The highest BCUT2D eigenvalue weighted by Gasteiger charge is 2.09. The van der Waals surface area contributed by atoms with Gasteiger partial charge in [0.1, 0.15) is 5.82 Å². The van der Waals surface area contributed by atoms with Gasteiger partial charge in [-0.1, -0.05) is 18.2 Å². The van der Waals surface area contributed by atoms with Crippen molar-refractivity contribution >= 4 is 0 Å². The van der Waals surface area contributed by atoms with Crippen molar-refractivity contribution in [1.82, 2.24) is 0 Å².